The fourth-order valence-electron chi connectivity index (χ4n) is 6.74. The van der Waals surface area contributed by atoms with E-state index in [2.05, 4.69) is 14.4 Å². The molecule has 1 unspecified atom stereocenters. The van der Waals surface area contributed by atoms with Crippen LogP contribution in [0.15, 0.2) is 45.7 Å². The number of hydrogen-bond acceptors (Lipinski definition) is 7. The Hall–Kier alpha value is -3.03. The molecule has 0 radical (unpaired) electrons. The first-order valence-electron chi connectivity index (χ1n) is 12.8. The molecule has 1 amide bonds. The van der Waals surface area contributed by atoms with Gasteiger partial charge >= 0.3 is 0 Å². The number of sulfonamides is 2. The number of nitrogens with zero attached hydrogens (tertiary/aromatic N) is 2. The van der Waals surface area contributed by atoms with E-state index in [0.29, 0.717) is 5.56 Å². The van der Waals surface area contributed by atoms with Crippen molar-refractivity contribution in [2.45, 2.75) is 43.2 Å². The van der Waals surface area contributed by atoms with Crippen LogP contribution in [0.4, 0.5) is 15.8 Å². The average molecular weight is 609 g/mol. The maximum Gasteiger partial charge on any atom is 0.286 e. The molecule has 3 aliphatic carbocycles. The molecule has 0 aromatic heterocycles. The third-order valence-electron chi connectivity index (χ3n) is 8.33. The van der Waals surface area contributed by atoms with Crippen LogP contribution in [-0.2, 0) is 36.2 Å². The van der Waals surface area contributed by atoms with Crippen molar-refractivity contribution < 1.29 is 30.8 Å². The van der Waals surface area contributed by atoms with Crippen molar-refractivity contribution in [1.82, 2.24) is 4.90 Å². The fraction of sp³-hybridized carbons (Fsp3) is 0.423. The second-order valence-corrected chi connectivity index (χ2v) is 14.6. The van der Waals surface area contributed by atoms with E-state index in [-0.39, 0.29) is 57.3 Å². The molecule has 1 saturated heterocycles. The predicted octanol–water partition coefficient (Wildman–Crippen LogP) is 3.40. The van der Waals surface area contributed by atoms with Gasteiger partial charge in [0.05, 0.1) is 17.0 Å². The zero-order valence-electron chi connectivity index (χ0n) is 21.3. The normalized spacial score (nSPS) is 28.8. The van der Waals surface area contributed by atoms with Gasteiger partial charge in [0.2, 0.25) is 15.9 Å². The van der Waals surface area contributed by atoms with Crippen LogP contribution in [0.1, 0.15) is 31.2 Å². The number of benzene rings is 2. The Morgan fingerprint density at radius 2 is 1.80 bits per heavy atom. The van der Waals surface area contributed by atoms with Crippen molar-refractivity contribution >= 4 is 60.5 Å². The lowest BCUT2D eigenvalue weighted by atomic mass is 9.57. The average Bonchev–Trinajstić information content (AvgIpc) is 2.88. The minimum Gasteiger partial charge on any atom is -0.341 e. The van der Waals surface area contributed by atoms with Crippen molar-refractivity contribution in [3.63, 3.8) is 0 Å². The fourth-order valence-corrected chi connectivity index (χ4v) is 8.68. The molecule has 10 nitrogen and oxygen atoms in total. The zero-order valence-corrected chi connectivity index (χ0v) is 23.7. The Morgan fingerprint density at radius 1 is 1.10 bits per heavy atom. The van der Waals surface area contributed by atoms with E-state index in [1.165, 1.54) is 30.3 Å². The van der Waals surface area contributed by atoms with E-state index in [1.807, 2.05) is 0 Å². The molecule has 40 heavy (non-hydrogen) atoms. The summed E-state index contributed by atoms with van der Waals surface area (Å²) in [5.74, 6) is -3.53. The van der Waals surface area contributed by atoms with Crippen LogP contribution in [0, 0.1) is 29.5 Å². The number of carbonyl (C=O) groups excluding carboxylic acids is 2. The Labute approximate surface area is 236 Å². The van der Waals surface area contributed by atoms with Gasteiger partial charge in [-0.1, -0.05) is 17.7 Å². The molecule has 2 N–H and O–H groups in total. The summed E-state index contributed by atoms with van der Waals surface area (Å²) in [5, 5.41) is 2.79. The number of amides is 1. The van der Waals surface area contributed by atoms with E-state index in [0.717, 1.165) is 38.0 Å². The van der Waals surface area contributed by atoms with Crippen LogP contribution >= 0.6 is 11.6 Å². The van der Waals surface area contributed by atoms with Gasteiger partial charge in [-0.3, -0.25) is 14.3 Å². The van der Waals surface area contributed by atoms with Gasteiger partial charge in [-0.2, -0.15) is 8.42 Å². The van der Waals surface area contributed by atoms with Crippen molar-refractivity contribution in [2.24, 2.45) is 28.1 Å². The molecule has 212 valence electrons. The van der Waals surface area contributed by atoms with E-state index in [4.69, 9.17) is 11.6 Å². The van der Waals surface area contributed by atoms with E-state index < -0.39 is 43.6 Å². The van der Waals surface area contributed by atoms with E-state index >= 15 is 0 Å². The monoisotopic (exact) mass is 608 g/mol. The maximum absolute atomic E-state index is 14.1. The molecule has 2 bridgehead atoms. The van der Waals surface area contributed by atoms with Crippen molar-refractivity contribution in [1.29, 1.82) is 0 Å². The van der Waals surface area contributed by atoms with E-state index in [9.17, 15) is 30.8 Å². The minimum absolute atomic E-state index is 0.0281. The molecular formula is C26H26ClFN4O6S2. The SMILES string of the molecule is CS(=O)(=O)Nc1ccc2c(c1)S(=O)(=O)N=C(C1C(=O)[C@@H]3C4CCC(CC4)[C@@H]3N(Cc3ccc(F)c(Cl)c3)C1=O)N2. The van der Waals surface area contributed by atoms with Gasteiger partial charge in [-0.15, -0.1) is 4.40 Å². The largest absolute Gasteiger partial charge is 0.341 e. The van der Waals surface area contributed by atoms with Gasteiger partial charge in [-0.05, 0) is 73.4 Å². The van der Waals surface area contributed by atoms with Crippen LogP contribution in [0.5, 0.6) is 0 Å². The Bertz CT molecular complexity index is 1690. The molecule has 4 fully saturated rings. The summed E-state index contributed by atoms with van der Waals surface area (Å²) in [6.45, 7) is 0.0874. The first kappa shape index (κ1) is 27.2. The number of hydrogen-bond donors (Lipinski definition) is 2. The lowest BCUT2D eigenvalue weighted by Crippen LogP contribution is -2.66. The number of halogens is 2. The number of amidine groups is 1. The molecule has 0 spiro atoms. The van der Waals surface area contributed by atoms with Crippen LogP contribution in [0.25, 0.3) is 0 Å². The van der Waals surface area contributed by atoms with Gasteiger partial charge in [-0.25, -0.2) is 12.8 Å². The first-order chi connectivity index (χ1) is 18.8. The second-order valence-electron chi connectivity index (χ2n) is 10.9. The number of nitrogens with one attached hydrogen (secondary N) is 2. The Balaban J connectivity index is 1.39. The Morgan fingerprint density at radius 3 is 2.48 bits per heavy atom. The van der Waals surface area contributed by atoms with Crippen molar-refractivity contribution in [3.05, 3.63) is 52.8 Å². The molecule has 7 rings (SSSR count). The summed E-state index contributed by atoms with van der Waals surface area (Å²) in [4.78, 5) is 29.4. The Kier molecular flexibility index (Phi) is 6.46. The summed E-state index contributed by atoms with van der Waals surface area (Å²) in [6, 6.07) is 7.73. The number of fused-ring (bicyclic) bond motifs is 3. The lowest BCUT2D eigenvalue weighted by Gasteiger charge is -2.55. The molecule has 2 aromatic rings. The number of ketones is 1. The standard InChI is InChI=1S/C26H26ClFN4O6S2/c1-39(35,36)30-16-7-9-19-20(11-16)40(37,38)31-25(29-19)22-24(33)21-14-3-5-15(6-4-14)23(21)32(26(22)34)12-13-2-8-18(28)17(27)10-13/h2,7-11,14-15,21-23,30H,3-6,12H2,1H3,(H,29,31)/t14?,15?,21-,22?,23+/m1/s1. The topological polar surface area (TPSA) is 142 Å². The molecule has 3 saturated carbocycles. The molecule has 14 heteroatoms. The highest BCUT2D eigenvalue weighted by Crippen LogP contribution is 2.51. The number of carbonyl (C=O) groups is 2. The highest BCUT2D eigenvalue weighted by Gasteiger charge is 2.58. The zero-order chi connectivity index (χ0) is 28.6. The summed E-state index contributed by atoms with van der Waals surface area (Å²) in [5.41, 5.74) is 0.699. The van der Waals surface area contributed by atoms with Crippen LogP contribution in [0.2, 0.25) is 5.02 Å². The van der Waals surface area contributed by atoms with Gasteiger partial charge in [0.1, 0.15) is 16.5 Å². The number of rotatable bonds is 5. The van der Waals surface area contributed by atoms with Crippen molar-refractivity contribution in [3.8, 4) is 0 Å². The van der Waals surface area contributed by atoms with E-state index in [1.54, 1.807) is 4.90 Å². The number of Topliss-reactive ketones (excluding diaryl/α,β-unsaturated/α-hetero) is 1. The predicted molar refractivity (Wildman–Crippen MR) is 146 cm³/mol. The highest BCUT2D eigenvalue weighted by atomic mass is 35.5. The van der Waals surface area contributed by atoms with Gasteiger partial charge in [0, 0.05) is 24.2 Å². The maximum atomic E-state index is 14.1. The third-order valence-corrected chi connectivity index (χ3v) is 10.6. The smallest absolute Gasteiger partial charge is 0.286 e. The van der Waals surface area contributed by atoms with Crippen LogP contribution < -0.4 is 10.0 Å². The summed E-state index contributed by atoms with van der Waals surface area (Å²) in [7, 11) is -8.04. The lowest BCUT2D eigenvalue weighted by molar-refractivity contribution is -0.162. The molecular weight excluding hydrogens is 583 g/mol. The molecule has 2 aromatic carbocycles. The molecule has 2 heterocycles. The van der Waals surface area contributed by atoms with Gasteiger partial charge < -0.3 is 10.2 Å². The van der Waals surface area contributed by atoms with Gasteiger partial charge in [0.15, 0.2) is 11.7 Å². The summed E-state index contributed by atoms with van der Waals surface area (Å²) >= 11 is 6.00. The second kappa shape index (κ2) is 9.52. The number of anilines is 2. The third kappa shape index (κ3) is 4.67. The highest BCUT2D eigenvalue weighted by molar-refractivity contribution is 7.92. The number of piperidine rings is 1. The van der Waals surface area contributed by atoms with Crippen LogP contribution in [-0.4, -0.2) is 51.6 Å². The minimum atomic E-state index is -4.38. The quantitative estimate of drug-likeness (QED) is 0.496. The molecule has 3 atom stereocenters. The summed E-state index contributed by atoms with van der Waals surface area (Å²) in [6.07, 6.45) is 4.43. The van der Waals surface area contributed by atoms with Gasteiger partial charge in [0.25, 0.3) is 10.0 Å². The molecule has 5 aliphatic rings. The first-order valence-corrected chi connectivity index (χ1v) is 16.6. The number of likely N-dealkylation sites (tertiary alicyclic amines) is 1. The van der Waals surface area contributed by atoms with Crippen molar-refractivity contribution in [2.75, 3.05) is 16.3 Å². The molecule has 2 aliphatic heterocycles. The summed E-state index contributed by atoms with van der Waals surface area (Å²) < 4.78 is 69.6. The van der Waals surface area contributed by atoms with Crippen LogP contribution in [0.3, 0.4) is 0 Å².